The average Bonchev–Trinajstić information content (AvgIpc) is 2.96. The third-order valence-corrected chi connectivity index (χ3v) is 3.15. The Labute approximate surface area is 123 Å². The fraction of sp³-hybridized carbons (Fsp3) is 0.0667. The Kier molecular flexibility index (Phi) is 3.32. The van der Waals surface area contributed by atoms with Gasteiger partial charge in [0, 0.05) is 23.7 Å². The van der Waals surface area contributed by atoms with E-state index in [4.69, 9.17) is 5.73 Å². The van der Waals surface area contributed by atoms with E-state index in [2.05, 4.69) is 15.0 Å². The highest BCUT2D eigenvalue weighted by Crippen LogP contribution is 2.36. The topological polar surface area (TPSA) is 67.6 Å². The van der Waals surface area contributed by atoms with Crippen molar-refractivity contribution in [3.05, 3.63) is 54.4 Å². The SMILES string of the molecule is Nc1ncc(C(F)(F)F)c(-c2c[nH]c(-c3ccccc3)c2)n1. The minimum atomic E-state index is -4.55. The predicted octanol–water partition coefficient (Wildman–Crippen LogP) is 3.74. The molecular weight excluding hydrogens is 293 g/mol. The quantitative estimate of drug-likeness (QED) is 0.758. The van der Waals surface area contributed by atoms with E-state index in [0.717, 1.165) is 5.56 Å². The summed E-state index contributed by atoms with van der Waals surface area (Å²) in [5.41, 5.74) is 6.14. The summed E-state index contributed by atoms with van der Waals surface area (Å²) in [5.74, 6) is -0.203. The van der Waals surface area contributed by atoms with Crippen LogP contribution in [0.1, 0.15) is 5.56 Å². The molecule has 3 N–H and O–H groups in total. The van der Waals surface area contributed by atoms with Crippen LogP contribution in [0, 0.1) is 0 Å². The fourth-order valence-corrected chi connectivity index (χ4v) is 2.14. The molecule has 0 atom stereocenters. The van der Waals surface area contributed by atoms with Gasteiger partial charge in [-0.05, 0) is 11.6 Å². The van der Waals surface area contributed by atoms with Crippen LogP contribution in [0.4, 0.5) is 19.1 Å². The van der Waals surface area contributed by atoms with Crippen LogP contribution in [0.2, 0.25) is 0 Å². The second kappa shape index (κ2) is 5.18. The number of nitrogens with two attached hydrogens (primary N) is 1. The largest absolute Gasteiger partial charge is 0.419 e. The van der Waals surface area contributed by atoms with Gasteiger partial charge in [-0.2, -0.15) is 13.2 Å². The van der Waals surface area contributed by atoms with Crippen molar-refractivity contribution in [1.82, 2.24) is 15.0 Å². The highest BCUT2D eigenvalue weighted by molar-refractivity contribution is 5.71. The number of anilines is 1. The van der Waals surface area contributed by atoms with Crippen molar-refractivity contribution in [3.63, 3.8) is 0 Å². The van der Waals surface area contributed by atoms with Crippen LogP contribution in [0.3, 0.4) is 0 Å². The number of nitrogens with one attached hydrogen (secondary N) is 1. The van der Waals surface area contributed by atoms with Crippen LogP contribution >= 0.6 is 0 Å². The van der Waals surface area contributed by atoms with Gasteiger partial charge in [0.05, 0.1) is 5.69 Å². The number of rotatable bonds is 2. The van der Waals surface area contributed by atoms with Gasteiger partial charge in [0.1, 0.15) is 5.56 Å². The molecule has 4 nitrogen and oxygen atoms in total. The standard InChI is InChI=1S/C15H11F3N4/c16-15(17,18)11-8-21-14(19)22-13(11)10-6-12(20-7-10)9-4-2-1-3-5-9/h1-8,20H,(H2,19,21,22). The molecule has 3 aromatic rings. The predicted molar refractivity (Wildman–Crippen MR) is 76.7 cm³/mol. The fourth-order valence-electron chi connectivity index (χ4n) is 2.14. The molecular formula is C15H11F3N4. The number of nitrogen functional groups attached to an aromatic ring is 1. The van der Waals surface area contributed by atoms with E-state index in [0.29, 0.717) is 17.5 Å². The Morgan fingerprint density at radius 3 is 2.45 bits per heavy atom. The second-order valence-electron chi connectivity index (χ2n) is 4.66. The van der Waals surface area contributed by atoms with Crippen LogP contribution < -0.4 is 5.73 Å². The van der Waals surface area contributed by atoms with Gasteiger partial charge in [-0.25, -0.2) is 9.97 Å². The molecule has 3 rings (SSSR count). The lowest BCUT2D eigenvalue weighted by Gasteiger charge is -2.10. The molecule has 0 aliphatic carbocycles. The van der Waals surface area contributed by atoms with Gasteiger partial charge >= 0.3 is 6.18 Å². The van der Waals surface area contributed by atoms with E-state index in [1.165, 1.54) is 6.20 Å². The smallest absolute Gasteiger partial charge is 0.368 e. The van der Waals surface area contributed by atoms with Crippen LogP contribution in [0.15, 0.2) is 48.8 Å². The van der Waals surface area contributed by atoms with Gasteiger partial charge < -0.3 is 10.7 Å². The zero-order valence-corrected chi connectivity index (χ0v) is 11.2. The van der Waals surface area contributed by atoms with Crippen molar-refractivity contribution < 1.29 is 13.2 Å². The van der Waals surface area contributed by atoms with Gasteiger partial charge in [0.2, 0.25) is 5.95 Å². The molecule has 2 heterocycles. The third-order valence-electron chi connectivity index (χ3n) is 3.15. The maximum atomic E-state index is 13.1. The molecule has 0 saturated heterocycles. The summed E-state index contributed by atoms with van der Waals surface area (Å²) in [7, 11) is 0. The molecule has 0 spiro atoms. The second-order valence-corrected chi connectivity index (χ2v) is 4.66. The summed E-state index contributed by atoms with van der Waals surface area (Å²) >= 11 is 0. The minimum Gasteiger partial charge on any atom is -0.368 e. The maximum absolute atomic E-state index is 13.1. The number of benzene rings is 1. The number of hydrogen-bond acceptors (Lipinski definition) is 3. The number of aromatic nitrogens is 3. The lowest BCUT2D eigenvalue weighted by molar-refractivity contribution is -0.137. The minimum absolute atomic E-state index is 0.203. The first-order chi connectivity index (χ1) is 10.4. The zero-order valence-electron chi connectivity index (χ0n) is 11.2. The lowest BCUT2D eigenvalue weighted by atomic mass is 10.1. The van der Waals surface area contributed by atoms with Gasteiger partial charge in [0.25, 0.3) is 0 Å². The summed E-state index contributed by atoms with van der Waals surface area (Å²) in [6, 6.07) is 10.9. The lowest BCUT2D eigenvalue weighted by Crippen LogP contribution is -2.10. The first-order valence-electron chi connectivity index (χ1n) is 6.39. The van der Waals surface area contributed by atoms with Crippen molar-refractivity contribution in [2.75, 3.05) is 5.73 Å². The van der Waals surface area contributed by atoms with Crippen LogP contribution in [0.5, 0.6) is 0 Å². The first-order valence-corrected chi connectivity index (χ1v) is 6.39. The van der Waals surface area contributed by atoms with Crippen LogP contribution in [-0.4, -0.2) is 15.0 Å². The molecule has 0 aliphatic rings. The molecule has 7 heteroatoms. The number of hydrogen-bond donors (Lipinski definition) is 2. The molecule has 0 unspecified atom stereocenters. The molecule has 0 fully saturated rings. The van der Waals surface area contributed by atoms with E-state index < -0.39 is 11.7 Å². The van der Waals surface area contributed by atoms with E-state index in [9.17, 15) is 13.2 Å². The summed E-state index contributed by atoms with van der Waals surface area (Å²) in [4.78, 5) is 10.1. The van der Waals surface area contributed by atoms with E-state index in [1.807, 2.05) is 30.3 Å². The highest BCUT2D eigenvalue weighted by atomic mass is 19.4. The zero-order chi connectivity index (χ0) is 15.7. The Bertz CT molecular complexity index is 794. The number of alkyl halides is 3. The summed E-state index contributed by atoms with van der Waals surface area (Å²) in [6.45, 7) is 0. The molecule has 0 bridgehead atoms. The van der Waals surface area contributed by atoms with Crippen molar-refractivity contribution >= 4 is 5.95 Å². The van der Waals surface area contributed by atoms with Gasteiger partial charge in [-0.3, -0.25) is 0 Å². The maximum Gasteiger partial charge on any atom is 0.419 e. The monoisotopic (exact) mass is 304 g/mol. The number of aromatic amines is 1. The molecule has 0 saturated carbocycles. The van der Waals surface area contributed by atoms with Gasteiger partial charge in [-0.1, -0.05) is 30.3 Å². The number of halogens is 3. The van der Waals surface area contributed by atoms with Crippen molar-refractivity contribution in [1.29, 1.82) is 0 Å². The molecule has 0 amide bonds. The van der Waals surface area contributed by atoms with Crippen molar-refractivity contribution in [2.24, 2.45) is 0 Å². The Hall–Kier alpha value is -2.83. The third kappa shape index (κ3) is 2.65. The summed E-state index contributed by atoms with van der Waals surface area (Å²) in [6.07, 6.45) is -2.38. The first kappa shape index (κ1) is 14.1. The van der Waals surface area contributed by atoms with E-state index >= 15 is 0 Å². The van der Waals surface area contributed by atoms with Crippen molar-refractivity contribution in [2.45, 2.75) is 6.18 Å². The van der Waals surface area contributed by atoms with Crippen LogP contribution in [-0.2, 0) is 6.18 Å². The summed E-state index contributed by atoms with van der Waals surface area (Å²) in [5, 5.41) is 0. The van der Waals surface area contributed by atoms with Crippen LogP contribution in [0.25, 0.3) is 22.5 Å². The summed E-state index contributed by atoms with van der Waals surface area (Å²) < 4.78 is 39.2. The molecule has 112 valence electrons. The van der Waals surface area contributed by atoms with Gasteiger partial charge in [-0.15, -0.1) is 0 Å². The van der Waals surface area contributed by atoms with E-state index in [1.54, 1.807) is 6.07 Å². The Morgan fingerprint density at radius 1 is 1.05 bits per heavy atom. The molecule has 1 aromatic carbocycles. The number of nitrogens with zero attached hydrogens (tertiary/aromatic N) is 2. The average molecular weight is 304 g/mol. The normalized spacial score (nSPS) is 11.6. The Balaban J connectivity index is 2.09. The molecule has 0 radical (unpaired) electrons. The Morgan fingerprint density at radius 2 is 1.77 bits per heavy atom. The number of H-pyrrole nitrogens is 1. The van der Waals surface area contributed by atoms with Crippen molar-refractivity contribution in [3.8, 4) is 22.5 Å². The highest BCUT2D eigenvalue weighted by Gasteiger charge is 2.35. The molecule has 22 heavy (non-hydrogen) atoms. The van der Waals surface area contributed by atoms with E-state index in [-0.39, 0.29) is 11.6 Å². The molecule has 2 aromatic heterocycles. The molecule has 0 aliphatic heterocycles. The van der Waals surface area contributed by atoms with Gasteiger partial charge in [0.15, 0.2) is 0 Å².